The van der Waals surface area contributed by atoms with Crippen molar-refractivity contribution in [3.05, 3.63) is 0 Å². The van der Waals surface area contributed by atoms with Gasteiger partial charge in [0.1, 0.15) is 0 Å². The second kappa shape index (κ2) is 16.3. The molecule has 0 saturated carbocycles. The maximum atomic E-state index is 5.63. The van der Waals surface area contributed by atoms with E-state index in [0.29, 0.717) is 36.7 Å². The van der Waals surface area contributed by atoms with Crippen molar-refractivity contribution in [2.75, 3.05) is 26.4 Å². The van der Waals surface area contributed by atoms with Crippen molar-refractivity contribution in [1.29, 1.82) is 0 Å². The molecule has 24 heavy (non-hydrogen) atoms. The Labute approximate surface area is 151 Å². The summed E-state index contributed by atoms with van der Waals surface area (Å²) in [6.45, 7) is 22.2. The van der Waals surface area contributed by atoms with E-state index in [4.69, 9.17) is 15.2 Å². The largest absolute Gasteiger partial charge is 0.380 e. The Hall–Kier alpha value is -0.200. The van der Waals surface area contributed by atoms with Gasteiger partial charge >= 0.3 is 0 Å². The van der Waals surface area contributed by atoms with E-state index in [-0.39, 0.29) is 6.04 Å². The fraction of sp³-hybridized carbons (Fsp3) is 1.00. The molecule has 0 spiro atoms. The van der Waals surface area contributed by atoms with E-state index in [1.54, 1.807) is 0 Å². The van der Waals surface area contributed by atoms with Crippen LogP contribution in [0.3, 0.4) is 0 Å². The molecule has 0 heterocycles. The third-order valence-electron chi connectivity index (χ3n) is 2.80. The maximum Gasteiger partial charge on any atom is 0.0617 e. The Kier molecular flexibility index (Phi) is 17.7. The SMILES string of the molecule is CC(C)COCC(C)N.CC(C)NC(C)COCC(C)NC(C)C. The van der Waals surface area contributed by atoms with Crippen molar-refractivity contribution in [2.45, 2.75) is 92.5 Å². The zero-order chi connectivity index (χ0) is 19.1. The van der Waals surface area contributed by atoms with Gasteiger partial charge in [-0.3, -0.25) is 0 Å². The van der Waals surface area contributed by atoms with Crippen LogP contribution in [-0.4, -0.2) is 56.6 Å². The van der Waals surface area contributed by atoms with Crippen molar-refractivity contribution >= 4 is 0 Å². The molecule has 0 aliphatic heterocycles. The third-order valence-corrected chi connectivity index (χ3v) is 2.80. The molecular formula is C19H45N3O2. The number of nitrogens with two attached hydrogens (primary N) is 1. The van der Waals surface area contributed by atoms with Crippen LogP contribution in [-0.2, 0) is 9.47 Å². The Morgan fingerprint density at radius 3 is 1.29 bits per heavy atom. The van der Waals surface area contributed by atoms with Crippen LogP contribution in [0.4, 0.5) is 0 Å². The van der Waals surface area contributed by atoms with Gasteiger partial charge in [0.2, 0.25) is 0 Å². The van der Waals surface area contributed by atoms with E-state index >= 15 is 0 Å². The summed E-state index contributed by atoms with van der Waals surface area (Å²) in [6, 6.07) is 2.07. The minimum atomic E-state index is 0.170. The zero-order valence-corrected chi connectivity index (χ0v) is 17.7. The first-order valence-corrected chi connectivity index (χ1v) is 9.47. The number of nitrogens with one attached hydrogen (secondary N) is 2. The molecule has 5 heteroatoms. The molecule has 0 fully saturated rings. The molecule has 0 amide bonds. The highest BCUT2D eigenvalue weighted by molar-refractivity contribution is 4.65. The third kappa shape index (κ3) is 24.1. The fourth-order valence-corrected chi connectivity index (χ4v) is 2.15. The van der Waals surface area contributed by atoms with Crippen LogP contribution < -0.4 is 16.4 Å². The summed E-state index contributed by atoms with van der Waals surface area (Å²) < 4.78 is 10.9. The van der Waals surface area contributed by atoms with Gasteiger partial charge in [0, 0.05) is 36.8 Å². The second-order valence-electron chi connectivity index (χ2n) is 7.89. The zero-order valence-electron chi connectivity index (χ0n) is 17.7. The molecule has 0 aliphatic carbocycles. The summed E-state index contributed by atoms with van der Waals surface area (Å²) in [7, 11) is 0. The predicted molar refractivity (Wildman–Crippen MR) is 106 cm³/mol. The van der Waals surface area contributed by atoms with Gasteiger partial charge in [-0.05, 0) is 26.7 Å². The molecule has 0 rings (SSSR count). The Morgan fingerprint density at radius 1 is 0.625 bits per heavy atom. The molecule has 0 aliphatic rings. The van der Waals surface area contributed by atoms with Crippen LogP contribution in [0.15, 0.2) is 0 Å². The summed E-state index contributed by atoms with van der Waals surface area (Å²) in [5.74, 6) is 0.615. The topological polar surface area (TPSA) is 68.5 Å². The standard InChI is InChI=1S/C12H28N2O.C7H17NO/c1-9(2)13-11(5)7-15-8-12(6)14-10(3)4;1-6(2)4-9-5-7(3)8/h9-14H,7-8H2,1-6H3;6-7H,4-5,8H2,1-3H3. The number of rotatable bonds is 12. The van der Waals surface area contributed by atoms with E-state index < -0.39 is 0 Å². The first-order chi connectivity index (χ1) is 11.0. The summed E-state index contributed by atoms with van der Waals surface area (Å²) in [5, 5.41) is 6.82. The quantitative estimate of drug-likeness (QED) is 0.506. The van der Waals surface area contributed by atoms with Gasteiger partial charge in [-0.2, -0.15) is 0 Å². The van der Waals surface area contributed by atoms with E-state index in [0.717, 1.165) is 19.8 Å². The van der Waals surface area contributed by atoms with Crippen LogP contribution in [0.25, 0.3) is 0 Å². The maximum absolute atomic E-state index is 5.63. The van der Waals surface area contributed by atoms with Crippen LogP contribution >= 0.6 is 0 Å². The molecule has 0 aromatic rings. The Balaban J connectivity index is 0. The summed E-state index contributed by atoms with van der Waals surface area (Å²) in [4.78, 5) is 0. The number of hydrogen-bond acceptors (Lipinski definition) is 5. The van der Waals surface area contributed by atoms with E-state index in [1.165, 1.54) is 0 Å². The Bertz CT molecular complexity index is 235. The molecular weight excluding hydrogens is 302 g/mol. The van der Waals surface area contributed by atoms with Gasteiger partial charge in [-0.25, -0.2) is 0 Å². The van der Waals surface area contributed by atoms with Crippen LogP contribution in [0.5, 0.6) is 0 Å². The van der Waals surface area contributed by atoms with Crippen molar-refractivity contribution in [1.82, 2.24) is 10.6 Å². The second-order valence-corrected chi connectivity index (χ2v) is 7.89. The highest BCUT2D eigenvalue weighted by Gasteiger charge is 2.06. The lowest BCUT2D eigenvalue weighted by atomic mass is 10.2. The monoisotopic (exact) mass is 347 g/mol. The van der Waals surface area contributed by atoms with Gasteiger partial charge in [0.25, 0.3) is 0 Å². The normalized spacial score (nSPS) is 15.4. The molecule has 5 nitrogen and oxygen atoms in total. The molecule has 3 unspecified atom stereocenters. The molecule has 0 bridgehead atoms. The van der Waals surface area contributed by atoms with Gasteiger partial charge in [0.05, 0.1) is 19.8 Å². The smallest absolute Gasteiger partial charge is 0.0617 e. The molecule has 0 radical (unpaired) electrons. The predicted octanol–water partition coefficient (Wildman–Crippen LogP) is 2.78. The minimum Gasteiger partial charge on any atom is -0.380 e. The molecule has 0 aromatic carbocycles. The molecule has 0 aromatic heterocycles. The first-order valence-electron chi connectivity index (χ1n) is 9.47. The minimum absolute atomic E-state index is 0.170. The lowest BCUT2D eigenvalue weighted by molar-refractivity contribution is 0.0954. The van der Waals surface area contributed by atoms with Gasteiger partial charge in [0.15, 0.2) is 0 Å². The average molecular weight is 348 g/mol. The first kappa shape index (κ1) is 26.0. The number of hydrogen-bond donors (Lipinski definition) is 3. The van der Waals surface area contributed by atoms with Crippen molar-refractivity contribution in [3.8, 4) is 0 Å². The molecule has 148 valence electrons. The highest BCUT2D eigenvalue weighted by Crippen LogP contribution is 1.93. The van der Waals surface area contributed by atoms with E-state index in [1.807, 2.05) is 6.92 Å². The highest BCUT2D eigenvalue weighted by atomic mass is 16.5. The average Bonchev–Trinajstić information content (AvgIpc) is 2.36. The van der Waals surface area contributed by atoms with E-state index in [9.17, 15) is 0 Å². The van der Waals surface area contributed by atoms with Crippen molar-refractivity contribution in [3.63, 3.8) is 0 Å². The summed E-state index contributed by atoms with van der Waals surface area (Å²) >= 11 is 0. The fourth-order valence-electron chi connectivity index (χ4n) is 2.15. The lowest BCUT2D eigenvalue weighted by Crippen LogP contribution is -2.39. The van der Waals surface area contributed by atoms with Crippen LogP contribution in [0.2, 0.25) is 0 Å². The van der Waals surface area contributed by atoms with Gasteiger partial charge < -0.3 is 25.8 Å². The van der Waals surface area contributed by atoms with Crippen LogP contribution in [0.1, 0.15) is 62.3 Å². The van der Waals surface area contributed by atoms with Gasteiger partial charge in [-0.1, -0.05) is 41.5 Å². The van der Waals surface area contributed by atoms with Gasteiger partial charge in [-0.15, -0.1) is 0 Å². The number of ether oxygens (including phenoxy) is 2. The summed E-state index contributed by atoms with van der Waals surface area (Å²) in [5.41, 5.74) is 5.45. The van der Waals surface area contributed by atoms with Crippen molar-refractivity contribution < 1.29 is 9.47 Å². The van der Waals surface area contributed by atoms with Crippen molar-refractivity contribution in [2.24, 2.45) is 11.7 Å². The molecule has 3 atom stereocenters. The Morgan fingerprint density at radius 2 is 1.00 bits per heavy atom. The van der Waals surface area contributed by atoms with E-state index in [2.05, 4.69) is 66.0 Å². The molecule has 4 N–H and O–H groups in total. The lowest BCUT2D eigenvalue weighted by Gasteiger charge is -2.20. The molecule has 0 saturated heterocycles. The van der Waals surface area contributed by atoms with Crippen LogP contribution in [0, 0.1) is 5.92 Å². The summed E-state index contributed by atoms with van der Waals surface area (Å²) in [6.07, 6.45) is 0.